The number of rotatable bonds is 7. The number of carbonyl (C=O) groups excluding carboxylic acids is 1. The fraction of sp³-hybridized carbons (Fsp3) is 0.909. The molecule has 2 unspecified atom stereocenters. The van der Waals surface area contributed by atoms with E-state index >= 15 is 0 Å². The molecule has 0 aromatic rings. The van der Waals surface area contributed by atoms with Gasteiger partial charge in [0.05, 0.1) is 6.04 Å². The van der Waals surface area contributed by atoms with E-state index in [9.17, 15) is 4.79 Å². The van der Waals surface area contributed by atoms with Crippen LogP contribution in [-0.4, -0.2) is 29.4 Å². The molecule has 0 aliphatic rings. The molecule has 0 fully saturated rings. The molecule has 0 aromatic heterocycles. The summed E-state index contributed by atoms with van der Waals surface area (Å²) in [5.41, 5.74) is 5.32. The van der Waals surface area contributed by atoms with Gasteiger partial charge in [-0.2, -0.15) is 0 Å². The first-order valence-corrected chi connectivity index (χ1v) is 5.59. The van der Waals surface area contributed by atoms with E-state index in [0.717, 1.165) is 25.8 Å². The highest BCUT2D eigenvalue weighted by Crippen LogP contribution is 2.10. The van der Waals surface area contributed by atoms with E-state index < -0.39 is 0 Å². The first-order valence-electron chi connectivity index (χ1n) is 5.59. The number of primary amides is 1. The summed E-state index contributed by atoms with van der Waals surface area (Å²) in [4.78, 5) is 13.3. The minimum Gasteiger partial charge on any atom is -0.368 e. The third kappa shape index (κ3) is 4.09. The molecule has 0 rings (SSSR count). The number of carbonyl (C=O) groups is 1. The van der Waals surface area contributed by atoms with Gasteiger partial charge in [0, 0.05) is 6.04 Å². The summed E-state index contributed by atoms with van der Waals surface area (Å²) in [5, 5.41) is 0. The Hall–Kier alpha value is -0.570. The molecular weight excluding hydrogens is 176 g/mol. The molecule has 0 aromatic carbocycles. The van der Waals surface area contributed by atoms with Crippen LogP contribution in [0.4, 0.5) is 0 Å². The number of nitrogens with two attached hydrogens (primary N) is 1. The lowest BCUT2D eigenvalue weighted by molar-refractivity contribution is -0.123. The maximum atomic E-state index is 11.1. The Morgan fingerprint density at radius 2 is 1.93 bits per heavy atom. The summed E-state index contributed by atoms with van der Waals surface area (Å²) in [6, 6.07) is 0.292. The molecule has 14 heavy (non-hydrogen) atoms. The molecule has 0 aliphatic heterocycles. The molecule has 0 aliphatic carbocycles. The van der Waals surface area contributed by atoms with Gasteiger partial charge in [0.15, 0.2) is 0 Å². The molecule has 0 saturated carbocycles. The lowest BCUT2D eigenvalue weighted by Crippen LogP contribution is -2.47. The van der Waals surface area contributed by atoms with Crippen molar-refractivity contribution in [1.29, 1.82) is 0 Å². The predicted molar refractivity (Wildman–Crippen MR) is 60.0 cm³/mol. The van der Waals surface area contributed by atoms with Gasteiger partial charge < -0.3 is 5.73 Å². The van der Waals surface area contributed by atoms with Gasteiger partial charge in [-0.25, -0.2) is 0 Å². The second-order valence-corrected chi connectivity index (χ2v) is 3.93. The minimum absolute atomic E-state index is 0.142. The van der Waals surface area contributed by atoms with Crippen molar-refractivity contribution in [1.82, 2.24) is 4.90 Å². The van der Waals surface area contributed by atoms with E-state index in [-0.39, 0.29) is 11.9 Å². The molecule has 2 atom stereocenters. The molecule has 0 saturated heterocycles. The number of unbranched alkanes of at least 4 members (excludes halogenated alkanes) is 1. The molecule has 0 spiro atoms. The molecule has 0 bridgehead atoms. The van der Waals surface area contributed by atoms with E-state index in [4.69, 9.17) is 5.73 Å². The SMILES string of the molecule is CCCCN(C(C)CC)C(C)C(N)=O. The van der Waals surface area contributed by atoms with Crippen LogP contribution in [0.25, 0.3) is 0 Å². The van der Waals surface area contributed by atoms with Crippen LogP contribution >= 0.6 is 0 Å². The van der Waals surface area contributed by atoms with Crippen molar-refractivity contribution in [2.45, 2.75) is 59.0 Å². The third-order valence-electron chi connectivity index (χ3n) is 2.84. The Balaban J connectivity index is 4.29. The summed E-state index contributed by atoms with van der Waals surface area (Å²) in [7, 11) is 0. The van der Waals surface area contributed by atoms with Crippen LogP contribution in [0.3, 0.4) is 0 Å². The average molecular weight is 200 g/mol. The van der Waals surface area contributed by atoms with Crippen LogP contribution < -0.4 is 5.73 Å². The van der Waals surface area contributed by atoms with E-state index in [0.29, 0.717) is 6.04 Å². The summed E-state index contributed by atoms with van der Waals surface area (Å²) in [5.74, 6) is -0.221. The second-order valence-electron chi connectivity index (χ2n) is 3.93. The first kappa shape index (κ1) is 13.4. The van der Waals surface area contributed by atoms with E-state index in [1.54, 1.807) is 0 Å². The highest BCUT2D eigenvalue weighted by molar-refractivity contribution is 5.79. The summed E-state index contributed by atoms with van der Waals surface area (Å²) in [6.45, 7) is 9.30. The third-order valence-corrected chi connectivity index (χ3v) is 2.84. The molecule has 1 amide bonds. The Kier molecular flexibility index (Phi) is 6.54. The van der Waals surface area contributed by atoms with Crippen molar-refractivity contribution < 1.29 is 4.79 Å². The molecule has 0 heterocycles. The van der Waals surface area contributed by atoms with Crippen molar-refractivity contribution in [3.63, 3.8) is 0 Å². The quantitative estimate of drug-likeness (QED) is 0.680. The van der Waals surface area contributed by atoms with Gasteiger partial charge in [-0.3, -0.25) is 9.69 Å². The summed E-state index contributed by atoms with van der Waals surface area (Å²) in [6.07, 6.45) is 3.34. The van der Waals surface area contributed by atoms with Crippen LogP contribution in [0, 0.1) is 0 Å². The smallest absolute Gasteiger partial charge is 0.234 e. The van der Waals surface area contributed by atoms with Crippen LogP contribution in [-0.2, 0) is 4.79 Å². The van der Waals surface area contributed by atoms with Gasteiger partial charge in [0.25, 0.3) is 0 Å². The highest BCUT2D eigenvalue weighted by atomic mass is 16.1. The van der Waals surface area contributed by atoms with Gasteiger partial charge in [-0.1, -0.05) is 20.3 Å². The molecule has 2 N–H and O–H groups in total. The van der Waals surface area contributed by atoms with Gasteiger partial charge in [0.1, 0.15) is 0 Å². The Bertz CT molecular complexity index is 171. The highest BCUT2D eigenvalue weighted by Gasteiger charge is 2.21. The fourth-order valence-electron chi connectivity index (χ4n) is 1.53. The Morgan fingerprint density at radius 3 is 2.29 bits per heavy atom. The number of hydrogen-bond acceptors (Lipinski definition) is 2. The van der Waals surface area contributed by atoms with Crippen LogP contribution in [0.2, 0.25) is 0 Å². The topological polar surface area (TPSA) is 46.3 Å². The lowest BCUT2D eigenvalue weighted by atomic mass is 10.1. The zero-order valence-corrected chi connectivity index (χ0v) is 9.92. The average Bonchev–Trinajstić information content (AvgIpc) is 2.17. The number of amides is 1. The lowest BCUT2D eigenvalue weighted by Gasteiger charge is -2.32. The number of nitrogens with zero attached hydrogens (tertiary/aromatic N) is 1. The number of hydrogen-bond donors (Lipinski definition) is 1. The van der Waals surface area contributed by atoms with Crippen molar-refractivity contribution in [2.24, 2.45) is 5.73 Å². The fourth-order valence-corrected chi connectivity index (χ4v) is 1.53. The Labute approximate surface area is 87.6 Å². The molecule has 0 radical (unpaired) electrons. The first-order chi connectivity index (χ1) is 6.54. The monoisotopic (exact) mass is 200 g/mol. The van der Waals surface area contributed by atoms with Crippen molar-refractivity contribution in [3.8, 4) is 0 Å². The van der Waals surface area contributed by atoms with E-state index in [1.165, 1.54) is 0 Å². The summed E-state index contributed by atoms with van der Waals surface area (Å²) >= 11 is 0. The van der Waals surface area contributed by atoms with Gasteiger partial charge in [-0.05, 0) is 33.2 Å². The van der Waals surface area contributed by atoms with Crippen LogP contribution in [0.1, 0.15) is 47.0 Å². The predicted octanol–water partition coefficient (Wildman–Crippen LogP) is 1.76. The molecular formula is C11H24N2O. The largest absolute Gasteiger partial charge is 0.368 e. The minimum atomic E-state index is -0.221. The molecule has 3 heteroatoms. The van der Waals surface area contributed by atoms with E-state index in [2.05, 4.69) is 25.7 Å². The van der Waals surface area contributed by atoms with Crippen LogP contribution in [0.5, 0.6) is 0 Å². The molecule has 84 valence electrons. The summed E-state index contributed by atoms with van der Waals surface area (Å²) < 4.78 is 0. The zero-order valence-electron chi connectivity index (χ0n) is 9.92. The molecule has 3 nitrogen and oxygen atoms in total. The van der Waals surface area contributed by atoms with E-state index in [1.807, 2.05) is 6.92 Å². The maximum Gasteiger partial charge on any atom is 0.234 e. The zero-order chi connectivity index (χ0) is 11.1. The Morgan fingerprint density at radius 1 is 1.36 bits per heavy atom. The van der Waals surface area contributed by atoms with Crippen LogP contribution in [0.15, 0.2) is 0 Å². The van der Waals surface area contributed by atoms with Gasteiger partial charge >= 0.3 is 0 Å². The maximum absolute atomic E-state index is 11.1. The second kappa shape index (κ2) is 6.82. The van der Waals surface area contributed by atoms with Crippen molar-refractivity contribution in [3.05, 3.63) is 0 Å². The van der Waals surface area contributed by atoms with Gasteiger partial charge in [0.2, 0.25) is 5.91 Å². The normalized spacial score (nSPS) is 15.5. The van der Waals surface area contributed by atoms with Gasteiger partial charge in [-0.15, -0.1) is 0 Å². The van der Waals surface area contributed by atoms with Crippen molar-refractivity contribution in [2.75, 3.05) is 6.54 Å². The van der Waals surface area contributed by atoms with Crippen molar-refractivity contribution >= 4 is 5.91 Å². The standard InChI is InChI=1S/C11H24N2O/c1-5-7-8-13(9(3)6-2)10(4)11(12)14/h9-10H,5-8H2,1-4H3,(H2,12,14).